The minimum atomic E-state index is -3.52. The molecule has 0 unspecified atom stereocenters. The van der Waals surface area contributed by atoms with Gasteiger partial charge in [-0.05, 0) is 35.6 Å². The van der Waals surface area contributed by atoms with Crippen molar-refractivity contribution in [2.24, 2.45) is 0 Å². The Kier molecular flexibility index (Phi) is 5.96. The van der Waals surface area contributed by atoms with Crippen molar-refractivity contribution in [1.82, 2.24) is 4.31 Å². The average molecular weight is 396 g/mol. The van der Waals surface area contributed by atoms with Crippen LogP contribution in [0.1, 0.15) is 16.0 Å². The molecule has 0 aliphatic carbocycles. The van der Waals surface area contributed by atoms with Gasteiger partial charge in [0.15, 0.2) is 0 Å². The molecule has 0 atom stereocenters. The van der Waals surface area contributed by atoms with Crippen molar-refractivity contribution in [3.05, 3.63) is 81.4 Å². The predicted molar refractivity (Wildman–Crippen MR) is 101 cm³/mol. The van der Waals surface area contributed by atoms with E-state index in [-0.39, 0.29) is 12.3 Å². The third kappa shape index (κ3) is 4.95. The summed E-state index contributed by atoms with van der Waals surface area (Å²) in [5.74, 6) is -0.116. The fraction of sp³-hybridized carbons (Fsp3) is 0.222. The molecule has 2 heterocycles. The van der Waals surface area contributed by atoms with Crippen LogP contribution in [0.4, 0.5) is 0 Å². The lowest BCUT2D eigenvalue weighted by molar-refractivity contribution is 0.407. The summed E-state index contributed by atoms with van der Waals surface area (Å²) in [6, 6.07) is 12.8. The third-order valence-electron chi connectivity index (χ3n) is 3.82. The Morgan fingerprint density at radius 1 is 1.12 bits per heavy atom. The molecule has 0 N–H and O–H groups in total. The quantitative estimate of drug-likeness (QED) is 0.561. The maximum Gasteiger partial charge on any atom is 0.218 e. The number of thiophene rings is 1. The molecule has 4 nitrogen and oxygen atoms in total. The molecule has 1 aromatic carbocycles. The molecule has 0 spiro atoms. The lowest BCUT2D eigenvalue weighted by atomic mass is 10.2. The molecule has 0 saturated carbocycles. The molecule has 0 saturated heterocycles. The predicted octanol–water partition coefficient (Wildman–Crippen LogP) is 4.57. The summed E-state index contributed by atoms with van der Waals surface area (Å²) >= 11 is 7.77. The van der Waals surface area contributed by atoms with Crippen molar-refractivity contribution in [3.8, 4) is 0 Å². The summed E-state index contributed by atoms with van der Waals surface area (Å²) in [5, 5.41) is 2.46. The van der Waals surface area contributed by atoms with Crippen LogP contribution in [0.15, 0.2) is 64.8 Å². The number of hydrogen-bond acceptors (Lipinski definition) is 4. The highest BCUT2D eigenvalue weighted by Gasteiger charge is 2.24. The number of rotatable bonds is 8. The van der Waals surface area contributed by atoms with Gasteiger partial charge in [-0.3, -0.25) is 0 Å². The molecular weight excluding hydrogens is 378 g/mol. The molecule has 0 aliphatic heterocycles. The maximum atomic E-state index is 13.0. The van der Waals surface area contributed by atoms with E-state index < -0.39 is 10.0 Å². The van der Waals surface area contributed by atoms with Gasteiger partial charge in [0.05, 0.1) is 18.3 Å². The Balaban J connectivity index is 1.79. The van der Waals surface area contributed by atoms with Gasteiger partial charge in [0.1, 0.15) is 0 Å². The molecule has 0 radical (unpaired) electrons. The first-order valence-corrected chi connectivity index (χ1v) is 10.7. The summed E-state index contributed by atoms with van der Waals surface area (Å²) in [7, 11) is -3.52. The molecule has 132 valence electrons. The van der Waals surface area contributed by atoms with Gasteiger partial charge in [-0.15, -0.1) is 11.3 Å². The van der Waals surface area contributed by atoms with Crippen LogP contribution in [0.5, 0.6) is 0 Å². The molecule has 3 aromatic rings. The fourth-order valence-corrected chi connectivity index (χ4v) is 5.02. The first-order valence-electron chi connectivity index (χ1n) is 7.79. The highest BCUT2D eigenvalue weighted by atomic mass is 35.5. The van der Waals surface area contributed by atoms with Gasteiger partial charge in [-0.25, -0.2) is 8.42 Å². The van der Waals surface area contributed by atoms with Crippen LogP contribution in [-0.4, -0.2) is 19.3 Å². The highest BCUT2D eigenvalue weighted by molar-refractivity contribution is 7.88. The number of sulfonamides is 1. The van der Waals surface area contributed by atoms with E-state index in [0.29, 0.717) is 23.6 Å². The van der Waals surface area contributed by atoms with E-state index in [1.807, 2.05) is 17.5 Å². The smallest absolute Gasteiger partial charge is 0.218 e. The fourth-order valence-electron chi connectivity index (χ4n) is 2.50. The van der Waals surface area contributed by atoms with E-state index in [1.54, 1.807) is 54.2 Å². The van der Waals surface area contributed by atoms with Crippen LogP contribution in [-0.2, 0) is 28.7 Å². The topological polar surface area (TPSA) is 50.5 Å². The SMILES string of the molecule is O=S(=O)(Cc1ccccc1Cl)N(CCc1cccs1)Cc1ccoc1. The third-order valence-corrected chi connectivity index (χ3v) is 6.90. The molecule has 7 heteroatoms. The van der Waals surface area contributed by atoms with E-state index >= 15 is 0 Å². The van der Waals surface area contributed by atoms with Crippen molar-refractivity contribution in [3.63, 3.8) is 0 Å². The van der Waals surface area contributed by atoms with E-state index in [4.69, 9.17) is 16.0 Å². The standard InChI is InChI=1S/C18H18ClNO3S2/c19-18-6-2-1-4-16(18)14-25(21,22)20(12-15-8-10-23-13-15)9-7-17-5-3-11-24-17/h1-6,8,10-11,13H,7,9,12,14H2. The number of hydrogen-bond donors (Lipinski definition) is 0. The Morgan fingerprint density at radius 3 is 2.64 bits per heavy atom. The van der Waals surface area contributed by atoms with Crippen molar-refractivity contribution < 1.29 is 12.8 Å². The number of nitrogens with zero attached hydrogens (tertiary/aromatic N) is 1. The summed E-state index contributed by atoms with van der Waals surface area (Å²) < 4.78 is 32.5. The van der Waals surface area contributed by atoms with Crippen LogP contribution < -0.4 is 0 Å². The van der Waals surface area contributed by atoms with Crippen LogP contribution in [0.3, 0.4) is 0 Å². The van der Waals surface area contributed by atoms with E-state index in [0.717, 1.165) is 10.4 Å². The van der Waals surface area contributed by atoms with E-state index in [9.17, 15) is 8.42 Å². The van der Waals surface area contributed by atoms with Gasteiger partial charge >= 0.3 is 0 Å². The molecular formula is C18H18ClNO3S2. The Bertz CT molecular complexity index is 890. The van der Waals surface area contributed by atoms with Gasteiger partial charge in [-0.1, -0.05) is 35.9 Å². The van der Waals surface area contributed by atoms with E-state index in [1.165, 1.54) is 4.31 Å². The van der Waals surface area contributed by atoms with Crippen LogP contribution in [0, 0.1) is 0 Å². The Morgan fingerprint density at radius 2 is 1.96 bits per heavy atom. The van der Waals surface area contributed by atoms with Crippen molar-refractivity contribution in [2.75, 3.05) is 6.54 Å². The molecule has 0 bridgehead atoms. The maximum absolute atomic E-state index is 13.0. The summed E-state index contributed by atoms with van der Waals surface area (Å²) in [6.45, 7) is 0.702. The molecule has 25 heavy (non-hydrogen) atoms. The number of halogens is 1. The van der Waals surface area contributed by atoms with Gasteiger partial charge in [-0.2, -0.15) is 4.31 Å². The van der Waals surface area contributed by atoms with Crippen molar-refractivity contribution in [1.29, 1.82) is 0 Å². The van der Waals surface area contributed by atoms with Crippen molar-refractivity contribution in [2.45, 2.75) is 18.7 Å². The zero-order valence-electron chi connectivity index (χ0n) is 13.5. The lowest BCUT2D eigenvalue weighted by Gasteiger charge is -2.22. The Labute approximate surface area is 156 Å². The number of benzene rings is 1. The second kappa shape index (κ2) is 8.19. The second-order valence-electron chi connectivity index (χ2n) is 5.64. The highest BCUT2D eigenvalue weighted by Crippen LogP contribution is 2.22. The average Bonchev–Trinajstić information content (AvgIpc) is 3.26. The summed E-state index contributed by atoms with van der Waals surface area (Å²) in [5.41, 5.74) is 1.44. The largest absolute Gasteiger partial charge is 0.472 e. The first-order chi connectivity index (χ1) is 12.0. The van der Waals surface area contributed by atoms with Gasteiger partial charge in [0.25, 0.3) is 0 Å². The van der Waals surface area contributed by atoms with Crippen LogP contribution in [0.25, 0.3) is 0 Å². The zero-order valence-corrected chi connectivity index (χ0v) is 15.9. The number of furan rings is 1. The molecule has 0 amide bonds. The summed E-state index contributed by atoms with van der Waals surface area (Å²) in [4.78, 5) is 1.16. The van der Waals surface area contributed by atoms with Crippen LogP contribution >= 0.6 is 22.9 Å². The van der Waals surface area contributed by atoms with Crippen molar-refractivity contribution >= 4 is 33.0 Å². The molecule has 2 aromatic heterocycles. The van der Waals surface area contributed by atoms with E-state index in [2.05, 4.69) is 0 Å². The molecule has 0 fully saturated rings. The Hall–Kier alpha value is -1.60. The van der Waals surface area contributed by atoms with Gasteiger partial charge < -0.3 is 4.42 Å². The molecule has 0 aliphatic rings. The minimum Gasteiger partial charge on any atom is -0.472 e. The molecule has 3 rings (SSSR count). The monoisotopic (exact) mass is 395 g/mol. The summed E-state index contributed by atoms with van der Waals surface area (Å²) in [6.07, 6.45) is 3.80. The first kappa shape index (κ1) is 18.2. The van der Waals surface area contributed by atoms with Crippen LogP contribution in [0.2, 0.25) is 5.02 Å². The van der Waals surface area contributed by atoms with Gasteiger partial charge in [0, 0.05) is 28.6 Å². The second-order valence-corrected chi connectivity index (χ2v) is 9.05. The minimum absolute atomic E-state index is 0.116. The zero-order chi connectivity index (χ0) is 17.7. The van der Waals surface area contributed by atoms with Gasteiger partial charge in [0.2, 0.25) is 10.0 Å². The lowest BCUT2D eigenvalue weighted by Crippen LogP contribution is -2.33. The normalized spacial score (nSPS) is 11.9.